The summed E-state index contributed by atoms with van der Waals surface area (Å²) in [4.78, 5) is 0. The molecule has 0 amide bonds. The average molecular weight is 212 g/mol. The largest absolute Gasteiger partial charge is 0.387 e. The highest BCUT2D eigenvalue weighted by molar-refractivity contribution is 7.07. The summed E-state index contributed by atoms with van der Waals surface area (Å²) in [5, 5.41) is 14.4. The maximum Gasteiger partial charge on any atom is 0.0908 e. The van der Waals surface area contributed by atoms with Gasteiger partial charge in [-0.1, -0.05) is 0 Å². The molecule has 2 unspecified atom stereocenters. The number of aryl methyl sites for hydroxylation is 1. The summed E-state index contributed by atoms with van der Waals surface area (Å²) in [6.07, 6.45) is 2.75. The Labute approximate surface area is 88.5 Å². The highest BCUT2D eigenvalue weighted by atomic mass is 32.1. The van der Waals surface area contributed by atoms with Crippen molar-refractivity contribution in [2.45, 2.75) is 37.9 Å². The molecular formula is C11H16O2S. The van der Waals surface area contributed by atoms with E-state index in [0.717, 1.165) is 19.3 Å². The Bertz CT molecular complexity index is 283. The van der Waals surface area contributed by atoms with Gasteiger partial charge in [-0.3, -0.25) is 0 Å². The Morgan fingerprint density at radius 3 is 3.14 bits per heavy atom. The molecular weight excluding hydrogens is 196 g/mol. The molecule has 0 aliphatic carbocycles. The van der Waals surface area contributed by atoms with Crippen LogP contribution in [0.5, 0.6) is 0 Å². The van der Waals surface area contributed by atoms with Crippen molar-refractivity contribution in [2.75, 3.05) is 6.61 Å². The number of aliphatic hydroxyl groups is 1. The van der Waals surface area contributed by atoms with Gasteiger partial charge in [-0.05, 0) is 42.2 Å². The molecule has 1 aromatic rings. The molecule has 1 saturated heterocycles. The minimum absolute atomic E-state index is 0.211. The minimum Gasteiger partial charge on any atom is -0.387 e. The Morgan fingerprint density at radius 2 is 2.57 bits per heavy atom. The normalized spacial score (nSPS) is 32.3. The van der Waals surface area contributed by atoms with Gasteiger partial charge in [0.05, 0.1) is 18.3 Å². The van der Waals surface area contributed by atoms with Gasteiger partial charge >= 0.3 is 0 Å². The van der Waals surface area contributed by atoms with Crippen LogP contribution < -0.4 is 0 Å². The molecule has 1 aromatic heterocycles. The van der Waals surface area contributed by atoms with Gasteiger partial charge in [0.2, 0.25) is 0 Å². The molecule has 1 aliphatic rings. The molecule has 0 radical (unpaired) electrons. The molecule has 1 aliphatic heterocycles. The fourth-order valence-electron chi connectivity index (χ4n) is 1.94. The van der Waals surface area contributed by atoms with E-state index >= 15 is 0 Å². The van der Waals surface area contributed by atoms with Crippen molar-refractivity contribution in [1.29, 1.82) is 0 Å². The van der Waals surface area contributed by atoms with E-state index in [1.807, 2.05) is 6.92 Å². The summed E-state index contributed by atoms with van der Waals surface area (Å²) in [5.41, 5.74) is 0.740. The van der Waals surface area contributed by atoms with Crippen molar-refractivity contribution in [3.63, 3.8) is 0 Å². The fraction of sp³-hybridized carbons (Fsp3) is 0.636. The summed E-state index contributed by atoms with van der Waals surface area (Å²) in [6.45, 7) is 2.51. The van der Waals surface area contributed by atoms with Crippen LogP contribution in [0.4, 0.5) is 0 Å². The van der Waals surface area contributed by atoms with Crippen LogP contribution >= 0.6 is 11.3 Å². The topological polar surface area (TPSA) is 29.5 Å². The standard InChI is InChI=1S/C11H16O2S/c1-9-6-11(12,8-13-9)4-2-10-3-5-14-7-10/h3,5,7,9,12H,2,4,6,8H2,1H3. The lowest BCUT2D eigenvalue weighted by atomic mass is 9.93. The zero-order valence-corrected chi connectivity index (χ0v) is 9.22. The van der Waals surface area contributed by atoms with E-state index in [-0.39, 0.29) is 6.10 Å². The average Bonchev–Trinajstić information content (AvgIpc) is 2.73. The zero-order valence-electron chi connectivity index (χ0n) is 8.40. The fourth-order valence-corrected chi connectivity index (χ4v) is 2.64. The molecule has 2 rings (SSSR count). The van der Waals surface area contributed by atoms with Crippen LogP contribution in [-0.4, -0.2) is 23.4 Å². The van der Waals surface area contributed by atoms with E-state index in [0.29, 0.717) is 6.61 Å². The van der Waals surface area contributed by atoms with Crippen molar-refractivity contribution >= 4 is 11.3 Å². The molecule has 3 heteroatoms. The summed E-state index contributed by atoms with van der Waals surface area (Å²) >= 11 is 1.71. The van der Waals surface area contributed by atoms with Crippen LogP contribution in [0.25, 0.3) is 0 Å². The van der Waals surface area contributed by atoms with Gasteiger partial charge in [-0.15, -0.1) is 0 Å². The predicted octanol–water partition coefficient (Wildman–Crippen LogP) is 2.22. The lowest BCUT2D eigenvalue weighted by Gasteiger charge is -2.19. The predicted molar refractivity (Wildman–Crippen MR) is 57.6 cm³/mol. The number of hydrogen-bond acceptors (Lipinski definition) is 3. The van der Waals surface area contributed by atoms with Gasteiger partial charge in [-0.25, -0.2) is 0 Å². The van der Waals surface area contributed by atoms with Gasteiger partial charge in [-0.2, -0.15) is 11.3 Å². The second-order valence-corrected chi connectivity index (χ2v) is 4.96. The third kappa shape index (κ3) is 2.35. The number of hydrogen-bond donors (Lipinski definition) is 1. The van der Waals surface area contributed by atoms with E-state index in [1.165, 1.54) is 5.56 Å². The van der Waals surface area contributed by atoms with Crippen LogP contribution in [0, 0.1) is 0 Å². The van der Waals surface area contributed by atoms with E-state index < -0.39 is 5.60 Å². The number of thiophene rings is 1. The molecule has 1 fully saturated rings. The molecule has 2 nitrogen and oxygen atoms in total. The Balaban J connectivity index is 1.86. The molecule has 2 atom stereocenters. The van der Waals surface area contributed by atoms with Crippen molar-refractivity contribution in [1.82, 2.24) is 0 Å². The quantitative estimate of drug-likeness (QED) is 0.832. The summed E-state index contributed by atoms with van der Waals surface area (Å²) in [5.74, 6) is 0. The maximum absolute atomic E-state index is 10.1. The lowest BCUT2D eigenvalue weighted by molar-refractivity contribution is 0.0162. The van der Waals surface area contributed by atoms with Crippen molar-refractivity contribution < 1.29 is 9.84 Å². The third-order valence-electron chi connectivity index (χ3n) is 2.76. The van der Waals surface area contributed by atoms with Gasteiger partial charge in [0.25, 0.3) is 0 Å². The Kier molecular flexibility index (Phi) is 2.91. The molecule has 78 valence electrons. The third-order valence-corrected chi connectivity index (χ3v) is 3.50. The maximum atomic E-state index is 10.1. The first kappa shape index (κ1) is 10.1. The summed E-state index contributed by atoms with van der Waals surface area (Å²) in [6, 6.07) is 2.12. The first-order chi connectivity index (χ1) is 6.68. The molecule has 0 bridgehead atoms. The van der Waals surface area contributed by atoms with Crippen LogP contribution in [0.1, 0.15) is 25.3 Å². The van der Waals surface area contributed by atoms with Crippen molar-refractivity contribution in [2.24, 2.45) is 0 Å². The van der Waals surface area contributed by atoms with E-state index in [2.05, 4.69) is 16.8 Å². The minimum atomic E-state index is -0.582. The monoisotopic (exact) mass is 212 g/mol. The Hall–Kier alpha value is -0.380. The van der Waals surface area contributed by atoms with Gasteiger partial charge < -0.3 is 9.84 Å². The van der Waals surface area contributed by atoms with Crippen LogP contribution in [0.15, 0.2) is 16.8 Å². The molecule has 0 saturated carbocycles. The van der Waals surface area contributed by atoms with Crippen LogP contribution in [0.3, 0.4) is 0 Å². The molecule has 0 spiro atoms. The van der Waals surface area contributed by atoms with E-state index in [1.54, 1.807) is 11.3 Å². The summed E-state index contributed by atoms with van der Waals surface area (Å²) in [7, 11) is 0. The SMILES string of the molecule is CC1CC(O)(CCc2ccsc2)CO1. The molecule has 14 heavy (non-hydrogen) atoms. The van der Waals surface area contributed by atoms with E-state index in [9.17, 15) is 5.11 Å². The first-order valence-electron chi connectivity index (χ1n) is 5.03. The highest BCUT2D eigenvalue weighted by Crippen LogP contribution is 2.28. The van der Waals surface area contributed by atoms with Crippen molar-refractivity contribution in [3.8, 4) is 0 Å². The van der Waals surface area contributed by atoms with Gasteiger partial charge in [0, 0.05) is 6.42 Å². The molecule has 2 heterocycles. The second-order valence-electron chi connectivity index (χ2n) is 4.18. The molecule has 1 N–H and O–H groups in total. The number of ether oxygens (including phenoxy) is 1. The second kappa shape index (κ2) is 4.01. The Morgan fingerprint density at radius 1 is 1.71 bits per heavy atom. The van der Waals surface area contributed by atoms with E-state index in [4.69, 9.17) is 4.74 Å². The summed E-state index contributed by atoms with van der Waals surface area (Å²) < 4.78 is 5.39. The highest BCUT2D eigenvalue weighted by Gasteiger charge is 2.35. The first-order valence-corrected chi connectivity index (χ1v) is 5.97. The van der Waals surface area contributed by atoms with Crippen LogP contribution in [0.2, 0.25) is 0 Å². The molecule has 0 aromatic carbocycles. The van der Waals surface area contributed by atoms with Gasteiger partial charge in [0.1, 0.15) is 0 Å². The lowest BCUT2D eigenvalue weighted by Crippen LogP contribution is -2.29. The van der Waals surface area contributed by atoms with Gasteiger partial charge in [0.15, 0.2) is 0 Å². The number of rotatable bonds is 3. The smallest absolute Gasteiger partial charge is 0.0908 e. The zero-order chi connectivity index (χ0) is 10.0. The van der Waals surface area contributed by atoms with Crippen molar-refractivity contribution in [3.05, 3.63) is 22.4 Å². The van der Waals surface area contributed by atoms with Crippen LogP contribution in [-0.2, 0) is 11.2 Å².